The van der Waals surface area contributed by atoms with Crippen molar-refractivity contribution >= 4 is 0 Å². The van der Waals surface area contributed by atoms with Gasteiger partial charge in [-0.3, -0.25) is 0 Å². The molecule has 1 heterocycles. The summed E-state index contributed by atoms with van der Waals surface area (Å²) < 4.78 is 39.3. The molecule has 2 atom stereocenters. The van der Waals surface area contributed by atoms with Gasteiger partial charge in [-0.25, -0.2) is 0 Å². The first kappa shape index (κ1) is 34.3. The average Bonchev–Trinajstić information content (AvgIpc) is 3.54. The predicted octanol–water partition coefficient (Wildman–Crippen LogP) is 8.83. The van der Waals surface area contributed by atoms with Gasteiger partial charge in [0.1, 0.15) is 38.6 Å². The van der Waals surface area contributed by atoms with Gasteiger partial charge < -0.3 is 33.5 Å². The number of ether oxygens (including phenoxy) is 6. The van der Waals surface area contributed by atoms with Crippen LogP contribution in [0.3, 0.4) is 0 Å². The van der Waals surface area contributed by atoms with E-state index in [-0.39, 0.29) is 25.7 Å². The zero-order chi connectivity index (χ0) is 35.9. The molecule has 1 aliphatic carbocycles. The van der Waals surface area contributed by atoms with Crippen LogP contribution in [0.2, 0.25) is 0 Å². The maximum absolute atomic E-state index is 9.94. The summed E-state index contributed by atoms with van der Waals surface area (Å²) in [5.41, 5.74) is 6.51. The Hall–Kier alpha value is -5.76. The molecule has 0 fully saturated rings. The van der Waals surface area contributed by atoms with Gasteiger partial charge in [-0.1, -0.05) is 127 Å². The van der Waals surface area contributed by atoms with Gasteiger partial charge in [0, 0.05) is 17.9 Å². The van der Waals surface area contributed by atoms with Crippen LogP contribution in [0.15, 0.2) is 146 Å². The Morgan fingerprint density at radius 1 is 0.547 bits per heavy atom. The van der Waals surface area contributed by atoms with Crippen molar-refractivity contribution in [2.24, 2.45) is 0 Å². The summed E-state index contributed by atoms with van der Waals surface area (Å²) in [5.74, 6) is 2.85. The summed E-state index contributed by atoms with van der Waals surface area (Å²) in [7, 11) is 0. The minimum absolute atomic E-state index is 0.105. The van der Waals surface area contributed by atoms with E-state index in [1.165, 1.54) is 0 Å². The Balaban J connectivity index is 1.19. The second-order valence-electron chi connectivity index (χ2n) is 13.4. The topological polar surface area (TPSA) is 75.6 Å². The number of aliphatic hydroxyl groups excluding tert-OH is 1. The summed E-state index contributed by atoms with van der Waals surface area (Å²) in [5, 5.41) is 9.94. The lowest BCUT2D eigenvalue weighted by Crippen LogP contribution is -2.47. The Bertz CT molecular complexity index is 2110. The largest absolute Gasteiger partial charge is 0.486 e. The van der Waals surface area contributed by atoms with Crippen molar-refractivity contribution in [1.29, 1.82) is 0 Å². The highest BCUT2D eigenvalue weighted by atomic mass is 16.6. The monoisotopic (exact) mass is 706 g/mol. The zero-order valence-corrected chi connectivity index (χ0v) is 29.5. The van der Waals surface area contributed by atoms with Crippen LogP contribution in [0.1, 0.15) is 44.9 Å². The maximum atomic E-state index is 9.94. The first-order valence-corrected chi connectivity index (χ1v) is 18.1. The van der Waals surface area contributed by atoms with E-state index in [1.807, 2.05) is 115 Å². The highest BCUT2D eigenvalue weighted by Gasteiger charge is 2.53. The van der Waals surface area contributed by atoms with E-state index in [0.717, 1.165) is 38.9 Å². The normalized spacial score (nSPS) is 16.8. The van der Waals surface area contributed by atoms with Crippen LogP contribution in [-0.2, 0) is 37.6 Å². The molecular weight excluding hydrogens is 664 g/mol. The molecule has 6 aromatic rings. The van der Waals surface area contributed by atoms with E-state index >= 15 is 0 Å². The third-order valence-corrected chi connectivity index (χ3v) is 9.83. The molecule has 0 amide bonds. The van der Waals surface area contributed by atoms with Gasteiger partial charge in [-0.2, -0.15) is 0 Å². The van der Waals surface area contributed by atoms with Crippen LogP contribution < -0.4 is 23.7 Å². The SMILES string of the molecule is OCCOC12COc3c(ccc(OCc4ccccc4)c3OCc3ccccc3)C1c1cc(OCc3ccccc3)c(OCc3ccccc3)cc1C2. The molecule has 0 bridgehead atoms. The van der Waals surface area contributed by atoms with Crippen molar-refractivity contribution in [3.63, 3.8) is 0 Å². The summed E-state index contributed by atoms with van der Waals surface area (Å²) >= 11 is 0. The third kappa shape index (κ3) is 7.58. The summed E-state index contributed by atoms with van der Waals surface area (Å²) in [6.07, 6.45) is 0.569. The first-order valence-electron chi connectivity index (χ1n) is 18.1. The van der Waals surface area contributed by atoms with E-state index < -0.39 is 5.60 Å². The average molecular weight is 707 g/mol. The lowest BCUT2D eigenvalue weighted by atomic mass is 9.80. The molecule has 268 valence electrons. The van der Waals surface area contributed by atoms with E-state index in [0.29, 0.717) is 61.6 Å². The second-order valence-corrected chi connectivity index (χ2v) is 13.4. The fourth-order valence-electron chi connectivity index (χ4n) is 7.30. The van der Waals surface area contributed by atoms with Gasteiger partial charge >= 0.3 is 0 Å². The van der Waals surface area contributed by atoms with Crippen LogP contribution in [0, 0.1) is 0 Å². The van der Waals surface area contributed by atoms with Crippen LogP contribution in [0.4, 0.5) is 0 Å². The standard InChI is InChI=1S/C46H42O7/c47-23-24-53-46-27-37-25-41(49-29-34-15-7-2-8-16-34)42(50-30-35-17-9-3-10-18-35)26-39(37)43(46)38-21-22-40(48-28-33-13-5-1-6-14-33)45(44(38)52-32-46)51-31-36-19-11-4-12-20-36/h1-22,25-26,43,47H,23-24,27-32H2. The first-order chi connectivity index (χ1) is 26.2. The van der Waals surface area contributed by atoms with E-state index in [4.69, 9.17) is 28.4 Å². The van der Waals surface area contributed by atoms with Crippen LogP contribution in [0.25, 0.3) is 0 Å². The third-order valence-electron chi connectivity index (χ3n) is 9.83. The van der Waals surface area contributed by atoms with Crippen molar-refractivity contribution in [2.75, 3.05) is 19.8 Å². The molecule has 0 saturated heterocycles. The second kappa shape index (κ2) is 15.9. The van der Waals surface area contributed by atoms with Gasteiger partial charge in [0.25, 0.3) is 0 Å². The van der Waals surface area contributed by atoms with Crippen LogP contribution in [0.5, 0.6) is 28.7 Å². The zero-order valence-electron chi connectivity index (χ0n) is 29.5. The van der Waals surface area contributed by atoms with E-state index in [2.05, 4.69) is 30.3 Å². The molecular formula is C46H42O7. The molecule has 2 aliphatic rings. The molecule has 1 N–H and O–H groups in total. The molecule has 53 heavy (non-hydrogen) atoms. The quantitative estimate of drug-likeness (QED) is 0.114. The fraction of sp³-hybridized carbons (Fsp3) is 0.217. The van der Waals surface area contributed by atoms with Gasteiger partial charge in [-0.15, -0.1) is 0 Å². The number of rotatable bonds is 15. The van der Waals surface area contributed by atoms with Gasteiger partial charge in [0.05, 0.1) is 13.2 Å². The molecule has 0 spiro atoms. The summed E-state index contributed by atoms with van der Waals surface area (Å²) in [6, 6.07) is 48.6. The van der Waals surface area contributed by atoms with Crippen LogP contribution in [-0.4, -0.2) is 30.5 Å². The molecule has 1 aliphatic heterocycles. The predicted molar refractivity (Wildman–Crippen MR) is 203 cm³/mol. The fourth-order valence-corrected chi connectivity index (χ4v) is 7.30. The number of fused-ring (bicyclic) bond motifs is 5. The Morgan fingerprint density at radius 2 is 1.04 bits per heavy atom. The lowest BCUT2D eigenvalue weighted by Gasteiger charge is -2.41. The van der Waals surface area contributed by atoms with Crippen molar-refractivity contribution in [3.05, 3.63) is 185 Å². The minimum atomic E-state index is -0.768. The van der Waals surface area contributed by atoms with Crippen molar-refractivity contribution in [3.8, 4) is 28.7 Å². The summed E-state index contributed by atoms with van der Waals surface area (Å²) in [6.45, 7) is 1.83. The Kier molecular flexibility index (Phi) is 10.3. The van der Waals surface area contributed by atoms with Gasteiger partial charge in [-0.05, 0) is 51.6 Å². The van der Waals surface area contributed by atoms with Crippen molar-refractivity contribution < 1.29 is 33.5 Å². The number of hydrogen-bond donors (Lipinski definition) is 1. The molecule has 8 rings (SSSR count). The highest BCUT2D eigenvalue weighted by molar-refractivity contribution is 5.64. The molecule has 7 nitrogen and oxygen atoms in total. The minimum Gasteiger partial charge on any atom is -0.486 e. The Labute approximate surface area is 310 Å². The van der Waals surface area contributed by atoms with Gasteiger partial charge in [0.2, 0.25) is 5.75 Å². The van der Waals surface area contributed by atoms with Gasteiger partial charge in [0.15, 0.2) is 23.0 Å². The molecule has 0 saturated carbocycles. The van der Waals surface area contributed by atoms with Crippen LogP contribution >= 0.6 is 0 Å². The van der Waals surface area contributed by atoms with E-state index in [9.17, 15) is 5.11 Å². The highest BCUT2D eigenvalue weighted by Crippen LogP contribution is 2.58. The molecule has 7 heteroatoms. The number of aliphatic hydroxyl groups is 1. The van der Waals surface area contributed by atoms with Crippen molar-refractivity contribution in [2.45, 2.75) is 44.4 Å². The molecule has 0 aromatic heterocycles. The molecule has 2 unspecified atom stereocenters. The van der Waals surface area contributed by atoms with E-state index in [1.54, 1.807) is 0 Å². The number of hydrogen-bond acceptors (Lipinski definition) is 7. The number of benzene rings is 6. The van der Waals surface area contributed by atoms with Crippen molar-refractivity contribution in [1.82, 2.24) is 0 Å². The maximum Gasteiger partial charge on any atom is 0.204 e. The summed E-state index contributed by atoms with van der Waals surface area (Å²) in [4.78, 5) is 0. The smallest absolute Gasteiger partial charge is 0.204 e. The Morgan fingerprint density at radius 3 is 1.57 bits per heavy atom. The lowest BCUT2D eigenvalue weighted by molar-refractivity contribution is -0.0943. The molecule has 6 aromatic carbocycles. The molecule has 0 radical (unpaired) electrons.